The molecule has 2 rings (SSSR count). The molecule has 1 aromatic heterocycles. The molecule has 0 aliphatic rings. The fourth-order valence-corrected chi connectivity index (χ4v) is 2.11. The molecule has 0 bridgehead atoms. The summed E-state index contributed by atoms with van der Waals surface area (Å²) < 4.78 is 5.18. The minimum atomic E-state index is -0.380. The molecule has 1 aromatic carbocycles. The van der Waals surface area contributed by atoms with Crippen molar-refractivity contribution in [1.29, 1.82) is 0 Å². The van der Waals surface area contributed by atoms with Crippen LogP contribution in [0, 0.1) is 0 Å². The number of ether oxygens (including phenoxy) is 1. The molecule has 0 unspecified atom stereocenters. The van der Waals surface area contributed by atoms with E-state index in [2.05, 4.69) is 24.0 Å². The number of nitrogens with zero attached hydrogens (tertiary/aromatic N) is 1. The van der Waals surface area contributed by atoms with Crippen LogP contribution in [0.1, 0.15) is 43.2 Å². The van der Waals surface area contributed by atoms with Gasteiger partial charge in [0.25, 0.3) is 0 Å². The number of aryl methyl sites for hydroxylation is 1. The average molecular weight is 283 g/mol. The van der Waals surface area contributed by atoms with Crippen molar-refractivity contribution in [2.75, 3.05) is 0 Å². The lowest BCUT2D eigenvalue weighted by atomic mass is 10.1. The van der Waals surface area contributed by atoms with Gasteiger partial charge in [-0.2, -0.15) is 0 Å². The highest BCUT2D eigenvalue weighted by Gasteiger charge is 2.11. The van der Waals surface area contributed by atoms with E-state index in [1.165, 1.54) is 5.56 Å². The Morgan fingerprint density at radius 3 is 2.48 bits per heavy atom. The van der Waals surface area contributed by atoms with Crippen molar-refractivity contribution < 1.29 is 9.53 Å². The molecule has 0 atom stereocenters. The van der Waals surface area contributed by atoms with E-state index in [9.17, 15) is 4.79 Å². The highest BCUT2D eigenvalue weighted by atomic mass is 16.5. The fraction of sp³-hybridized carbons (Fsp3) is 0.333. The number of pyridine rings is 1. The zero-order valence-corrected chi connectivity index (χ0v) is 12.8. The van der Waals surface area contributed by atoms with Gasteiger partial charge in [0.2, 0.25) is 0 Å². The summed E-state index contributed by atoms with van der Waals surface area (Å²) in [5, 5.41) is 0. The molecule has 0 N–H and O–H groups in total. The van der Waals surface area contributed by atoms with Gasteiger partial charge in [0.1, 0.15) is 5.69 Å². The Morgan fingerprint density at radius 2 is 1.86 bits per heavy atom. The van der Waals surface area contributed by atoms with Gasteiger partial charge >= 0.3 is 5.97 Å². The van der Waals surface area contributed by atoms with Crippen molar-refractivity contribution in [3.63, 3.8) is 0 Å². The van der Waals surface area contributed by atoms with Gasteiger partial charge < -0.3 is 4.74 Å². The number of hydrogen-bond donors (Lipinski definition) is 0. The number of benzene rings is 1. The first-order valence-electron chi connectivity index (χ1n) is 7.37. The van der Waals surface area contributed by atoms with Crippen molar-refractivity contribution in [1.82, 2.24) is 4.98 Å². The highest BCUT2D eigenvalue weighted by Crippen LogP contribution is 2.19. The fourth-order valence-electron chi connectivity index (χ4n) is 2.11. The maximum Gasteiger partial charge on any atom is 0.357 e. The van der Waals surface area contributed by atoms with E-state index in [-0.39, 0.29) is 12.1 Å². The molecule has 0 saturated carbocycles. The SMILES string of the molecule is CCCc1ccc(-c2cccc(C(=O)OC(C)C)n2)cc1. The van der Waals surface area contributed by atoms with Crippen LogP contribution in [0.3, 0.4) is 0 Å². The Morgan fingerprint density at radius 1 is 1.14 bits per heavy atom. The number of rotatable bonds is 5. The van der Waals surface area contributed by atoms with Crippen LogP contribution < -0.4 is 0 Å². The van der Waals surface area contributed by atoms with Crippen LogP contribution in [0.15, 0.2) is 42.5 Å². The smallest absolute Gasteiger partial charge is 0.357 e. The number of aromatic nitrogens is 1. The van der Waals surface area contributed by atoms with E-state index in [0.29, 0.717) is 5.69 Å². The van der Waals surface area contributed by atoms with Gasteiger partial charge in [-0.3, -0.25) is 0 Å². The summed E-state index contributed by atoms with van der Waals surface area (Å²) in [5.41, 5.74) is 3.46. The average Bonchev–Trinajstić information content (AvgIpc) is 2.48. The second kappa shape index (κ2) is 7.02. The third-order valence-electron chi connectivity index (χ3n) is 3.09. The molecule has 0 spiro atoms. The monoisotopic (exact) mass is 283 g/mol. The Balaban J connectivity index is 2.22. The standard InChI is InChI=1S/C18H21NO2/c1-4-6-14-9-11-15(12-10-14)16-7-5-8-17(19-16)18(20)21-13(2)3/h5,7-13H,4,6H2,1-3H3. The minimum absolute atomic E-state index is 0.142. The van der Waals surface area contributed by atoms with E-state index < -0.39 is 0 Å². The first-order valence-corrected chi connectivity index (χ1v) is 7.37. The van der Waals surface area contributed by atoms with Crippen LogP contribution in [-0.4, -0.2) is 17.1 Å². The Hall–Kier alpha value is -2.16. The lowest BCUT2D eigenvalue weighted by Crippen LogP contribution is -2.13. The lowest BCUT2D eigenvalue weighted by molar-refractivity contribution is 0.0371. The Bertz CT molecular complexity index is 603. The lowest BCUT2D eigenvalue weighted by Gasteiger charge is -2.08. The molecular formula is C18H21NO2. The molecule has 110 valence electrons. The molecule has 1 heterocycles. The first-order chi connectivity index (χ1) is 10.1. The molecule has 0 amide bonds. The molecule has 21 heavy (non-hydrogen) atoms. The van der Waals surface area contributed by atoms with Crippen LogP contribution in [0.2, 0.25) is 0 Å². The maximum atomic E-state index is 11.9. The van der Waals surface area contributed by atoms with Crippen molar-refractivity contribution in [2.24, 2.45) is 0 Å². The summed E-state index contributed by atoms with van der Waals surface area (Å²) in [6, 6.07) is 13.7. The molecular weight excluding hydrogens is 262 g/mol. The summed E-state index contributed by atoms with van der Waals surface area (Å²) in [5.74, 6) is -0.380. The van der Waals surface area contributed by atoms with Gasteiger partial charge in [-0.1, -0.05) is 43.7 Å². The number of hydrogen-bond acceptors (Lipinski definition) is 3. The second-order valence-corrected chi connectivity index (χ2v) is 5.31. The molecule has 2 aromatic rings. The van der Waals surface area contributed by atoms with E-state index in [0.717, 1.165) is 24.1 Å². The summed E-state index contributed by atoms with van der Waals surface area (Å²) >= 11 is 0. The van der Waals surface area contributed by atoms with Crippen LogP contribution in [0.5, 0.6) is 0 Å². The molecule has 0 radical (unpaired) electrons. The molecule has 0 aliphatic carbocycles. The van der Waals surface area contributed by atoms with Crippen LogP contribution in [0.25, 0.3) is 11.3 Å². The van der Waals surface area contributed by atoms with E-state index in [1.54, 1.807) is 6.07 Å². The Kier molecular flexibility index (Phi) is 5.09. The van der Waals surface area contributed by atoms with Gasteiger partial charge in [-0.25, -0.2) is 9.78 Å². The number of esters is 1. The summed E-state index contributed by atoms with van der Waals surface area (Å²) in [7, 11) is 0. The van der Waals surface area contributed by atoms with Crippen LogP contribution in [0.4, 0.5) is 0 Å². The normalized spacial score (nSPS) is 10.7. The zero-order chi connectivity index (χ0) is 15.2. The summed E-state index contributed by atoms with van der Waals surface area (Å²) in [6.45, 7) is 5.82. The third kappa shape index (κ3) is 4.15. The van der Waals surface area contributed by atoms with Crippen molar-refractivity contribution in [2.45, 2.75) is 39.7 Å². The molecule has 0 aliphatic heterocycles. The summed E-state index contributed by atoms with van der Waals surface area (Å²) in [6.07, 6.45) is 2.07. The van der Waals surface area contributed by atoms with Crippen LogP contribution in [-0.2, 0) is 11.2 Å². The topological polar surface area (TPSA) is 39.2 Å². The number of carbonyl (C=O) groups excluding carboxylic acids is 1. The largest absolute Gasteiger partial charge is 0.458 e. The predicted molar refractivity (Wildman–Crippen MR) is 84.2 cm³/mol. The molecule has 0 fully saturated rings. The second-order valence-electron chi connectivity index (χ2n) is 5.31. The quantitative estimate of drug-likeness (QED) is 0.769. The van der Waals surface area contributed by atoms with Gasteiger partial charge in [0, 0.05) is 5.56 Å². The first kappa shape index (κ1) is 15.2. The molecule has 0 saturated heterocycles. The summed E-state index contributed by atoms with van der Waals surface area (Å²) in [4.78, 5) is 16.3. The van der Waals surface area contributed by atoms with Crippen molar-refractivity contribution >= 4 is 5.97 Å². The number of carbonyl (C=O) groups is 1. The van der Waals surface area contributed by atoms with Crippen molar-refractivity contribution in [3.8, 4) is 11.3 Å². The predicted octanol–water partition coefficient (Wildman–Crippen LogP) is 4.27. The highest BCUT2D eigenvalue weighted by molar-refractivity contribution is 5.88. The molecule has 3 nitrogen and oxygen atoms in total. The van der Waals surface area contributed by atoms with Gasteiger partial charge in [0.05, 0.1) is 11.8 Å². The van der Waals surface area contributed by atoms with E-state index in [1.807, 2.05) is 38.1 Å². The van der Waals surface area contributed by atoms with Crippen LogP contribution >= 0.6 is 0 Å². The van der Waals surface area contributed by atoms with Gasteiger partial charge in [0.15, 0.2) is 0 Å². The molecule has 3 heteroatoms. The Labute approximate surface area is 126 Å². The van der Waals surface area contributed by atoms with E-state index >= 15 is 0 Å². The van der Waals surface area contributed by atoms with Gasteiger partial charge in [-0.05, 0) is 38.0 Å². The maximum absolute atomic E-state index is 11.9. The van der Waals surface area contributed by atoms with Gasteiger partial charge in [-0.15, -0.1) is 0 Å². The third-order valence-corrected chi connectivity index (χ3v) is 3.09. The minimum Gasteiger partial charge on any atom is -0.458 e. The van der Waals surface area contributed by atoms with Crippen molar-refractivity contribution in [3.05, 3.63) is 53.7 Å². The van der Waals surface area contributed by atoms with E-state index in [4.69, 9.17) is 4.74 Å². The zero-order valence-electron chi connectivity index (χ0n) is 12.8.